The van der Waals surface area contributed by atoms with E-state index < -0.39 is 0 Å². The molecule has 0 radical (unpaired) electrons. The van der Waals surface area contributed by atoms with E-state index in [0.717, 1.165) is 6.61 Å². The third-order valence-electron chi connectivity index (χ3n) is 1.15. The molecule has 0 aromatic heterocycles. The summed E-state index contributed by atoms with van der Waals surface area (Å²) in [6.45, 7) is 5.09. The summed E-state index contributed by atoms with van der Waals surface area (Å²) >= 11 is 0. The molecule has 64 valence electrons. The molecule has 0 aliphatic heterocycles. The normalized spacial score (nSPS) is 14.2. The Morgan fingerprint density at radius 1 is 1.20 bits per heavy atom. The highest BCUT2D eigenvalue weighted by atomic mass is 32.3. The first-order valence-electron chi connectivity index (χ1n) is 3.69. The zero-order valence-corrected chi connectivity index (χ0v) is 8.62. The van der Waals surface area contributed by atoms with Gasteiger partial charge in [-0.3, -0.25) is 0 Å². The van der Waals surface area contributed by atoms with Crippen LogP contribution >= 0.6 is 10.0 Å². The molecule has 0 bridgehead atoms. The number of hydrogen-bond donors (Lipinski definition) is 0. The number of hydrogen-bond acceptors (Lipinski definition) is 1. The molecule has 0 fully saturated rings. The molecule has 0 spiro atoms. The first-order chi connectivity index (χ1) is 4.42. The lowest BCUT2D eigenvalue weighted by molar-refractivity contribution is 0.0918. The highest BCUT2D eigenvalue weighted by Crippen LogP contribution is 2.33. The van der Waals surface area contributed by atoms with E-state index >= 15 is 0 Å². The Hall–Kier alpha value is 0.310. The lowest BCUT2D eigenvalue weighted by Gasteiger charge is -2.25. The maximum atomic E-state index is 5.44. The largest absolute Gasteiger partial charge is 0.378 e. The van der Waals surface area contributed by atoms with Crippen molar-refractivity contribution in [2.75, 3.05) is 31.1 Å². The van der Waals surface area contributed by atoms with Crippen LogP contribution in [0.5, 0.6) is 0 Å². The highest BCUT2D eigenvalue weighted by Gasteiger charge is 2.03. The van der Waals surface area contributed by atoms with E-state index in [0.29, 0.717) is 6.10 Å². The Kier molecular flexibility index (Phi) is 4.37. The van der Waals surface area contributed by atoms with E-state index in [-0.39, 0.29) is 10.0 Å². The monoisotopic (exact) mass is 164 g/mol. The smallest absolute Gasteiger partial charge is 0.0545 e. The molecule has 0 aromatic rings. The van der Waals surface area contributed by atoms with Gasteiger partial charge in [-0.25, -0.2) is 10.0 Å². The van der Waals surface area contributed by atoms with E-state index in [1.807, 2.05) is 0 Å². The molecule has 0 amide bonds. The van der Waals surface area contributed by atoms with Crippen LogP contribution in [0.2, 0.25) is 0 Å². The third-order valence-corrected chi connectivity index (χ3v) is 2.54. The predicted octanol–water partition coefficient (Wildman–Crippen LogP) is 2.11. The Labute approximate surface area is 66.5 Å². The van der Waals surface area contributed by atoms with Crippen molar-refractivity contribution in [1.82, 2.24) is 0 Å². The predicted molar refractivity (Wildman–Crippen MR) is 51.3 cm³/mol. The molecule has 0 heterocycles. The molecular formula is C8H20OS. The Morgan fingerprint density at radius 2 is 1.70 bits per heavy atom. The fourth-order valence-corrected chi connectivity index (χ4v) is 1.13. The maximum absolute atomic E-state index is 5.44. The number of ether oxygens (including phenoxy) is 1. The fourth-order valence-electron chi connectivity index (χ4n) is 0.534. The van der Waals surface area contributed by atoms with E-state index in [4.69, 9.17) is 4.74 Å². The zero-order chi connectivity index (χ0) is 8.20. The highest BCUT2D eigenvalue weighted by molar-refractivity contribution is 8.32. The van der Waals surface area contributed by atoms with E-state index in [9.17, 15) is 0 Å². The fraction of sp³-hybridized carbons (Fsp3) is 1.00. The Bertz CT molecular complexity index is 83.7. The minimum absolute atomic E-state index is 0.345. The maximum Gasteiger partial charge on any atom is 0.0545 e. The van der Waals surface area contributed by atoms with Gasteiger partial charge in [0.2, 0.25) is 0 Å². The Balaban J connectivity index is 3.21. The van der Waals surface area contributed by atoms with Gasteiger partial charge in [-0.05, 0) is 32.6 Å². The van der Waals surface area contributed by atoms with Crippen LogP contribution in [-0.4, -0.2) is 37.2 Å². The molecule has 0 saturated heterocycles. The quantitative estimate of drug-likeness (QED) is 0.618. The summed E-state index contributed by atoms with van der Waals surface area (Å²) in [7, 11) is -0.345. The molecule has 0 aliphatic carbocycles. The summed E-state index contributed by atoms with van der Waals surface area (Å²) in [6.07, 6.45) is 7.34. The van der Waals surface area contributed by atoms with Crippen LogP contribution in [-0.2, 0) is 4.74 Å². The molecule has 1 nitrogen and oxygen atoms in total. The zero-order valence-electron chi connectivity index (χ0n) is 7.81. The SMILES string of the molecule is CC(C)OCCS(C)(C)C. The van der Waals surface area contributed by atoms with Crippen LogP contribution in [0.25, 0.3) is 0 Å². The van der Waals surface area contributed by atoms with Gasteiger partial charge < -0.3 is 4.74 Å². The van der Waals surface area contributed by atoms with Crippen LogP contribution in [0.4, 0.5) is 0 Å². The summed E-state index contributed by atoms with van der Waals surface area (Å²) in [4.78, 5) is 0. The summed E-state index contributed by atoms with van der Waals surface area (Å²) in [5.74, 6) is 1.23. The van der Waals surface area contributed by atoms with Crippen molar-refractivity contribution in [3.8, 4) is 0 Å². The van der Waals surface area contributed by atoms with Gasteiger partial charge in [0.1, 0.15) is 0 Å². The van der Waals surface area contributed by atoms with Gasteiger partial charge >= 0.3 is 0 Å². The van der Waals surface area contributed by atoms with Crippen LogP contribution in [0.15, 0.2) is 0 Å². The summed E-state index contributed by atoms with van der Waals surface area (Å²) in [5, 5.41) is 0. The molecule has 0 saturated carbocycles. The Morgan fingerprint density at radius 3 is 2.00 bits per heavy atom. The molecule has 0 atom stereocenters. The van der Waals surface area contributed by atoms with Gasteiger partial charge in [-0.1, -0.05) is 0 Å². The van der Waals surface area contributed by atoms with Gasteiger partial charge in [0, 0.05) is 5.75 Å². The minimum Gasteiger partial charge on any atom is -0.378 e. The molecule has 0 aliphatic rings. The molecule has 10 heavy (non-hydrogen) atoms. The average molecular weight is 164 g/mol. The van der Waals surface area contributed by atoms with Gasteiger partial charge in [0.25, 0.3) is 0 Å². The van der Waals surface area contributed by atoms with Crippen molar-refractivity contribution in [3.05, 3.63) is 0 Å². The second-order valence-corrected chi connectivity index (χ2v) is 8.30. The molecule has 0 N–H and O–H groups in total. The third kappa shape index (κ3) is 8.31. The first-order valence-corrected chi connectivity index (χ1v) is 6.72. The topological polar surface area (TPSA) is 9.23 Å². The van der Waals surface area contributed by atoms with Crippen LogP contribution in [0.1, 0.15) is 13.8 Å². The second-order valence-electron chi connectivity index (χ2n) is 3.71. The number of rotatable bonds is 4. The molecule has 0 unspecified atom stereocenters. The van der Waals surface area contributed by atoms with Crippen LogP contribution in [0, 0.1) is 0 Å². The minimum atomic E-state index is -0.345. The lowest BCUT2D eigenvalue weighted by Crippen LogP contribution is -2.10. The van der Waals surface area contributed by atoms with Crippen LogP contribution < -0.4 is 0 Å². The summed E-state index contributed by atoms with van der Waals surface area (Å²) in [6, 6.07) is 0. The standard InChI is InChI=1S/C8H20OS/c1-8(2)9-6-7-10(3,4)5/h8H,6-7H2,1-5H3. The van der Waals surface area contributed by atoms with E-state index in [1.165, 1.54) is 5.75 Å². The van der Waals surface area contributed by atoms with Gasteiger partial charge in [0.05, 0.1) is 12.7 Å². The first kappa shape index (κ1) is 10.3. The van der Waals surface area contributed by atoms with E-state index in [2.05, 4.69) is 32.6 Å². The van der Waals surface area contributed by atoms with E-state index in [1.54, 1.807) is 0 Å². The van der Waals surface area contributed by atoms with Crippen LogP contribution in [0.3, 0.4) is 0 Å². The van der Waals surface area contributed by atoms with Crippen molar-refractivity contribution in [1.29, 1.82) is 0 Å². The second kappa shape index (κ2) is 4.24. The lowest BCUT2D eigenvalue weighted by atomic mass is 10.5. The molecule has 2 heteroatoms. The average Bonchev–Trinajstić information content (AvgIpc) is 1.59. The van der Waals surface area contributed by atoms with Crippen molar-refractivity contribution in [2.45, 2.75) is 20.0 Å². The van der Waals surface area contributed by atoms with Gasteiger partial charge in [-0.2, -0.15) is 0 Å². The van der Waals surface area contributed by atoms with Crippen molar-refractivity contribution < 1.29 is 4.74 Å². The van der Waals surface area contributed by atoms with Gasteiger partial charge in [0.15, 0.2) is 0 Å². The molecule has 0 rings (SSSR count). The van der Waals surface area contributed by atoms with Crippen molar-refractivity contribution in [2.24, 2.45) is 0 Å². The van der Waals surface area contributed by atoms with Gasteiger partial charge in [-0.15, -0.1) is 0 Å². The molecular weight excluding hydrogens is 144 g/mol. The van der Waals surface area contributed by atoms with Crippen molar-refractivity contribution >= 4 is 10.0 Å². The molecule has 0 aromatic carbocycles. The summed E-state index contributed by atoms with van der Waals surface area (Å²) < 4.78 is 5.44. The summed E-state index contributed by atoms with van der Waals surface area (Å²) in [5.41, 5.74) is 0. The van der Waals surface area contributed by atoms with Crippen molar-refractivity contribution in [3.63, 3.8) is 0 Å².